The molecule has 0 aliphatic carbocycles. The molecule has 3 rings (SSSR count). The van der Waals surface area contributed by atoms with Gasteiger partial charge in [-0.25, -0.2) is 0 Å². The molecule has 2 nitrogen and oxygen atoms in total. The normalized spacial score (nSPS) is 10.4. The zero-order valence-corrected chi connectivity index (χ0v) is 13.0. The van der Waals surface area contributed by atoms with E-state index in [0.717, 1.165) is 5.69 Å². The maximum Gasteiger partial charge on any atom is 0.264 e. The molecule has 0 atom stereocenters. The van der Waals surface area contributed by atoms with Gasteiger partial charge in [0.25, 0.3) is 4.88 Å². The Balaban J connectivity index is 2.21. The minimum atomic E-state index is 1.02. The van der Waals surface area contributed by atoms with Gasteiger partial charge in [-0.3, -0.25) is 4.98 Å². The first kappa shape index (κ1) is 13.7. The zero-order chi connectivity index (χ0) is 14.7. The summed E-state index contributed by atoms with van der Waals surface area (Å²) in [4.78, 5) is 7.86. The first-order chi connectivity index (χ1) is 10.3. The van der Waals surface area contributed by atoms with Gasteiger partial charge >= 0.3 is 0 Å². The third-order valence-corrected chi connectivity index (χ3v) is 4.30. The molecule has 0 aliphatic heterocycles. The fourth-order valence-electron chi connectivity index (χ4n) is 2.38. The average molecular weight is 293 g/mol. The van der Waals surface area contributed by atoms with Crippen LogP contribution < -0.4 is 4.90 Å². The van der Waals surface area contributed by atoms with Gasteiger partial charge in [0.15, 0.2) is 5.38 Å². The number of nitrogens with zero attached hydrogens (tertiary/aromatic N) is 2. The van der Waals surface area contributed by atoms with E-state index >= 15 is 0 Å². The number of rotatable bonds is 3. The predicted molar refractivity (Wildman–Crippen MR) is 91.7 cm³/mol. The third-order valence-electron chi connectivity index (χ3n) is 3.35. The maximum atomic E-state index is 4.51. The van der Waals surface area contributed by atoms with Crippen LogP contribution in [0.4, 0.5) is 5.69 Å². The highest BCUT2D eigenvalue weighted by Crippen LogP contribution is 2.38. The van der Waals surface area contributed by atoms with Crippen LogP contribution in [0.15, 0.2) is 66.2 Å². The Bertz CT molecular complexity index is 739. The minimum Gasteiger partial charge on any atom is -0.377 e. The Morgan fingerprint density at radius 2 is 1.62 bits per heavy atom. The quantitative estimate of drug-likeness (QED) is 0.643. The lowest BCUT2D eigenvalue weighted by atomic mass is 10.0. The van der Waals surface area contributed by atoms with Gasteiger partial charge in [-0.05, 0) is 30.3 Å². The van der Waals surface area contributed by atoms with Crippen LogP contribution in [0.2, 0.25) is 0 Å². The first-order valence-electron chi connectivity index (χ1n) is 6.86. The van der Waals surface area contributed by atoms with Crippen LogP contribution in [0.3, 0.4) is 0 Å². The SMILES string of the molecule is CN(C)c1ccccc1-c1ccc[s+]c1-c1ccccn1. The van der Waals surface area contributed by atoms with Crippen molar-refractivity contribution in [3.05, 3.63) is 66.2 Å². The van der Waals surface area contributed by atoms with Gasteiger partial charge in [-0.15, -0.1) is 0 Å². The van der Waals surface area contributed by atoms with Gasteiger partial charge in [0.2, 0.25) is 11.3 Å². The van der Waals surface area contributed by atoms with Crippen LogP contribution in [0.5, 0.6) is 0 Å². The summed E-state index contributed by atoms with van der Waals surface area (Å²) >= 11 is 1.73. The average Bonchev–Trinajstić information content (AvgIpc) is 2.55. The molecule has 21 heavy (non-hydrogen) atoms. The largest absolute Gasteiger partial charge is 0.377 e. The molecule has 0 saturated heterocycles. The van der Waals surface area contributed by atoms with Gasteiger partial charge in [0.1, 0.15) is 5.69 Å². The van der Waals surface area contributed by atoms with E-state index in [4.69, 9.17) is 0 Å². The highest BCUT2D eigenvalue weighted by atomic mass is 32.1. The molecular formula is C18H17N2S+. The number of hydrogen-bond acceptors (Lipinski definition) is 2. The monoisotopic (exact) mass is 293 g/mol. The standard InChI is InChI=1S/C18H17N2S/c1-20(2)17-11-4-3-8-14(17)15-9-7-13-21-18(15)16-10-5-6-12-19-16/h3-13H,1-2H3/q+1. The smallest absolute Gasteiger partial charge is 0.264 e. The van der Waals surface area contributed by atoms with E-state index in [1.54, 1.807) is 11.3 Å². The highest BCUT2D eigenvalue weighted by Gasteiger charge is 2.20. The molecule has 0 saturated carbocycles. The van der Waals surface area contributed by atoms with Crippen LogP contribution in [0.25, 0.3) is 21.7 Å². The number of benzene rings is 1. The highest BCUT2D eigenvalue weighted by molar-refractivity contribution is 7.13. The Kier molecular flexibility index (Phi) is 3.93. The summed E-state index contributed by atoms with van der Waals surface area (Å²) in [6.07, 6.45) is 1.84. The van der Waals surface area contributed by atoms with Gasteiger partial charge < -0.3 is 4.90 Å². The minimum absolute atomic E-state index is 1.02. The number of aromatic nitrogens is 1. The van der Waals surface area contributed by atoms with E-state index in [2.05, 4.69) is 71.8 Å². The molecule has 0 N–H and O–H groups in total. The summed E-state index contributed by atoms with van der Waals surface area (Å²) in [6, 6.07) is 18.8. The summed E-state index contributed by atoms with van der Waals surface area (Å²) in [5.74, 6) is 0. The number of para-hydroxylation sites is 1. The third kappa shape index (κ3) is 2.78. The lowest BCUT2D eigenvalue weighted by Crippen LogP contribution is -2.09. The van der Waals surface area contributed by atoms with Crippen LogP contribution in [-0.2, 0) is 0 Å². The van der Waals surface area contributed by atoms with Crippen LogP contribution in [0, 0.1) is 0 Å². The van der Waals surface area contributed by atoms with E-state index in [1.807, 2.05) is 18.3 Å². The van der Waals surface area contributed by atoms with Crippen molar-refractivity contribution in [1.82, 2.24) is 4.98 Å². The van der Waals surface area contributed by atoms with E-state index in [0.29, 0.717) is 0 Å². The van der Waals surface area contributed by atoms with E-state index in [9.17, 15) is 0 Å². The van der Waals surface area contributed by atoms with Crippen molar-refractivity contribution in [2.24, 2.45) is 0 Å². The van der Waals surface area contributed by atoms with Crippen molar-refractivity contribution < 1.29 is 0 Å². The molecule has 0 bridgehead atoms. The number of pyridine rings is 1. The molecule has 3 aromatic rings. The molecular weight excluding hydrogens is 276 g/mol. The van der Waals surface area contributed by atoms with Gasteiger partial charge in [-0.2, -0.15) is 0 Å². The number of anilines is 1. The summed E-state index contributed by atoms with van der Waals surface area (Å²) in [5.41, 5.74) is 4.70. The Labute approximate surface area is 129 Å². The van der Waals surface area contributed by atoms with Gasteiger partial charge in [-0.1, -0.05) is 24.3 Å². The second-order valence-corrected chi connectivity index (χ2v) is 5.90. The van der Waals surface area contributed by atoms with Crippen LogP contribution in [-0.4, -0.2) is 19.1 Å². The van der Waals surface area contributed by atoms with Crippen molar-refractivity contribution in [3.63, 3.8) is 0 Å². The lowest BCUT2D eigenvalue weighted by molar-refractivity contribution is 1.13. The second kappa shape index (κ2) is 6.02. The molecule has 0 unspecified atom stereocenters. The Hall–Kier alpha value is -2.26. The van der Waals surface area contributed by atoms with Crippen LogP contribution in [0.1, 0.15) is 0 Å². The van der Waals surface area contributed by atoms with Crippen molar-refractivity contribution >= 4 is 17.0 Å². The molecule has 0 aliphatic rings. The van der Waals surface area contributed by atoms with Crippen molar-refractivity contribution in [3.8, 4) is 21.7 Å². The molecule has 2 aromatic heterocycles. The molecule has 1 aromatic carbocycles. The van der Waals surface area contributed by atoms with E-state index in [-0.39, 0.29) is 0 Å². The Morgan fingerprint density at radius 3 is 2.38 bits per heavy atom. The van der Waals surface area contributed by atoms with Gasteiger partial charge in [0, 0.05) is 31.5 Å². The molecule has 2 heterocycles. The zero-order valence-electron chi connectivity index (χ0n) is 12.2. The van der Waals surface area contributed by atoms with Gasteiger partial charge in [0.05, 0.1) is 5.56 Å². The molecule has 0 fully saturated rings. The summed E-state index contributed by atoms with van der Waals surface area (Å²) in [5, 5.41) is 2.10. The number of hydrogen-bond donors (Lipinski definition) is 0. The molecule has 104 valence electrons. The fraction of sp³-hybridized carbons (Fsp3) is 0.111. The Morgan fingerprint density at radius 1 is 0.857 bits per heavy atom. The van der Waals surface area contributed by atoms with Crippen molar-refractivity contribution in [2.75, 3.05) is 19.0 Å². The fourth-order valence-corrected chi connectivity index (χ4v) is 3.22. The van der Waals surface area contributed by atoms with Crippen molar-refractivity contribution in [1.29, 1.82) is 0 Å². The maximum absolute atomic E-state index is 4.51. The summed E-state index contributed by atoms with van der Waals surface area (Å²) in [6.45, 7) is 0. The topological polar surface area (TPSA) is 16.1 Å². The molecule has 0 radical (unpaired) electrons. The molecule has 0 spiro atoms. The van der Waals surface area contributed by atoms with Crippen LogP contribution >= 0.6 is 11.3 Å². The van der Waals surface area contributed by atoms with E-state index in [1.165, 1.54) is 21.7 Å². The van der Waals surface area contributed by atoms with Crippen molar-refractivity contribution in [2.45, 2.75) is 0 Å². The predicted octanol–water partition coefficient (Wildman–Crippen LogP) is 4.82. The first-order valence-corrected chi connectivity index (χ1v) is 7.74. The lowest BCUT2D eigenvalue weighted by Gasteiger charge is -2.17. The molecule has 0 amide bonds. The summed E-state index contributed by atoms with van der Waals surface area (Å²) in [7, 11) is 4.15. The second-order valence-electron chi connectivity index (χ2n) is 4.98. The van der Waals surface area contributed by atoms with E-state index < -0.39 is 0 Å². The molecule has 3 heteroatoms. The summed E-state index contributed by atoms with van der Waals surface area (Å²) < 4.78 is 0.